The van der Waals surface area contributed by atoms with E-state index in [1.54, 1.807) is 0 Å². The van der Waals surface area contributed by atoms with E-state index in [1.807, 2.05) is 22.7 Å². The molecule has 7 aromatic carbocycles. The van der Waals surface area contributed by atoms with Gasteiger partial charge in [-0.25, -0.2) is 9.97 Å². The maximum atomic E-state index is 5.48. The van der Waals surface area contributed by atoms with Crippen molar-refractivity contribution in [2.45, 2.75) is 0 Å². The minimum absolute atomic E-state index is 0.726. The number of nitrogens with zero attached hydrogens (tertiary/aromatic N) is 3. The van der Waals surface area contributed by atoms with Crippen molar-refractivity contribution < 1.29 is 0 Å². The molecule has 0 saturated carbocycles. The van der Waals surface area contributed by atoms with Crippen LogP contribution in [-0.2, 0) is 0 Å². The molecule has 0 aliphatic heterocycles. The lowest BCUT2D eigenvalue weighted by molar-refractivity contribution is 1.17. The van der Waals surface area contributed by atoms with Crippen molar-refractivity contribution in [3.63, 3.8) is 0 Å². The molecule has 0 unspecified atom stereocenters. The lowest BCUT2D eigenvalue weighted by Crippen LogP contribution is -1.99. The summed E-state index contributed by atoms with van der Waals surface area (Å²) in [5.74, 6) is 0.726. The molecule has 0 aliphatic rings. The van der Waals surface area contributed by atoms with Crippen molar-refractivity contribution in [3.05, 3.63) is 164 Å². The van der Waals surface area contributed by atoms with E-state index in [1.165, 1.54) is 62.2 Å². The molecule has 51 heavy (non-hydrogen) atoms. The van der Waals surface area contributed by atoms with E-state index in [0.717, 1.165) is 39.6 Å². The first-order chi connectivity index (χ1) is 25.3. The van der Waals surface area contributed by atoms with Crippen LogP contribution in [0.25, 0.3) is 102 Å². The Labute approximate surface area is 301 Å². The fourth-order valence-electron chi connectivity index (χ4n) is 7.72. The van der Waals surface area contributed by atoms with Gasteiger partial charge in [0.15, 0.2) is 5.82 Å². The zero-order chi connectivity index (χ0) is 33.5. The molecule has 0 atom stereocenters. The Balaban J connectivity index is 1.24. The minimum Gasteiger partial charge on any atom is -0.309 e. The van der Waals surface area contributed by atoms with Crippen molar-refractivity contribution in [1.82, 2.24) is 14.5 Å². The average molecular weight is 686 g/mol. The van der Waals surface area contributed by atoms with Gasteiger partial charge in [0.1, 0.15) is 0 Å². The molecule has 3 nitrogen and oxygen atoms in total. The molecular weight excluding hydrogens is 659 g/mol. The summed E-state index contributed by atoms with van der Waals surface area (Å²) in [6.07, 6.45) is 0. The second-order valence-corrected chi connectivity index (χ2v) is 15.1. The third-order valence-electron chi connectivity index (χ3n) is 10.0. The Morgan fingerprint density at radius 2 is 0.941 bits per heavy atom. The standard InChI is InChI=1S/C46H27N3S2/c1-2-13-28(14-3-1)38-27-39(35-20-12-19-34-32-17-6-10-23-42(32)50-44(34)35)48-46(47-38)37-26-29(25-36-33-18-7-11-24-43(33)51-45(36)37)49-40-21-8-4-15-30(40)31-16-5-9-22-41(31)49/h1-27H. The van der Waals surface area contributed by atoms with Gasteiger partial charge < -0.3 is 4.57 Å². The van der Waals surface area contributed by atoms with E-state index in [-0.39, 0.29) is 0 Å². The number of para-hydroxylation sites is 2. The number of hydrogen-bond acceptors (Lipinski definition) is 4. The van der Waals surface area contributed by atoms with Crippen molar-refractivity contribution in [2.24, 2.45) is 0 Å². The largest absolute Gasteiger partial charge is 0.309 e. The Bertz CT molecular complexity index is 3100. The quantitative estimate of drug-likeness (QED) is 0.185. The summed E-state index contributed by atoms with van der Waals surface area (Å²) in [5, 5.41) is 7.48. The Morgan fingerprint density at radius 1 is 0.392 bits per heavy atom. The molecule has 0 fully saturated rings. The number of hydrogen-bond donors (Lipinski definition) is 0. The lowest BCUT2D eigenvalue weighted by Gasteiger charge is -2.14. The number of thiophene rings is 2. The summed E-state index contributed by atoms with van der Waals surface area (Å²) in [7, 11) is 0. The van der Waals surface area contributed by atoms with E-state index in [0.29, 0.717) is 0 Å². The van der Waals surface area contributed by atoms with Gasteiger partial charge in [-0.15, -0.1) is 22.7 Å². The van der Waals surface area contributed by atoms with Crippen molar-refractivity contribution in [3.8, 4) is 39.6 Å². The highest BCUT2D eigenvalue weighted by molar-refractivity contribution is 7.26. The van der Waals surface area contributed by atoms with Gasteiger partial charge >= 0.3 is 0 Å². The van der Waals surface area contributed by atoms with E-state index in [4.69, 9.17) is 9.97 Å². The van der Waals surface area contributed by atoms with Crippen LogP contribution in [0.3, 0.4) is 0 Å². The van der Waals surface area contributed by atoms with E-state index < -0.39 is 0 Å². The Kier molecular flexibility index (Phi) is 6.29. The number of rotatable bonds is 4. The molecule has 0 spiro atoms. The molecule has 238 valence electrons. The van der Waals surface area contributed by atoms with Gasteiger partial charge in [0.05, 0.1) is 22.4 Å². The molecule has 0 bridgehead atoms. The molecule has 11 aromatic rings. The highest BCUT2D eigenvalue weighted by atomic mass is 32.1. The number of fused-ring (bicyclic) bond motifs is 9. The van der Waals surface area contributed by atoms with Crippen LogP contribution in [-0.4, -0.2) is 14.5 Å². The topological polar surface area (TPSA) is 30.7 Å². The third kappa shape index (κ3) is 4.42. The van der Waals surface area contributed by atoms with Gasteiger partial charge in [-0.1, -0.05) is 121 Å². The average Bonchev–Trinajstić information content (AvgIpc) is 3.87. The van der Waals surface area contributed by atoms with Crippen LogP contribution in [0.2, 0.25) is 0 Å². The van der Waals surface area contributed by atoms with Gasteiger partial charge in [-0.2, -0.15) is 0 Å². The van der Waals surface area contributed by atoms with Crippen LogP contribution < -0.4 is 0 Å². The normalized spacial score (nSPS) is 11.9. The van der Waals surface area contributed by atoms with Gasteiger partial charge in [0.2, 0.25) is 0 Å². The molecule has 5 heteroatoms. The first kappa shape index (κ1) is 28.7. The van der Waals surface area contributed by atoms with Crippen LogP contribution in [0.4, 0.5) is 0 Å². The van der Waals surface area contributed by atoms with Gasteiger partial charge in [0.25, 0.3) is 0 Å². The third-order valence-corrected chi connectivity index (χ3v) is 12.5. The zero-order valence-corrected chi connectivity index (χ0v) is 28.9. The van der Waals surface area contributed by atoms with Crippen LogP contribution in [0.5, 0.6) is 0 Å². The lowest BCUT2D eigenvalue weighted by atomic mass is 10.0. The van der Waals surface area contributed by atoms with Crippen LogP contribution in [0.1, 0.15) is 0 Å². The van der Waals surface area contributed by atoms with Crippen molar-refractivity contribution >= 4 is 84.8 Å². The van der Waals surface area contributed by atoms with Crippen LogP contribution in [0.15, 0.2) is 164 Å². The summed E-state index contributed by atoms with van der Waals surface area (Å²) in [6, 6.07) is 58.7. The molecule has 4 heterocycles. The van der Waals surface area contributed by atoms with Crippen molar-refractivity contribution in [1.29, 1.82) is 0 Å². The first-order valence-electron chi connectivity index (χ1n) is 17.1. The second-order valence-electron chi connectivity index (χ2n) is 12.9. The molecular formula is C46H27N3S2. The van der Waals surface area contributed by atoms with Crippen LogP contribution in [0, 0.1) is 0 Å². The van der Waals surface area contributed by atoms with Gasteiger partial charge in [-0.05, 0) is 42.5 Å². The summed E-state index contributed by atoms with van der Waals surface area (Å²) in [5.41, 5.74) is 8.52. The second kappa shape index (κ2) is 11.2. The molecule has 0 aliphatic carbocycles. The summed E-state index contributed by atoms with van der Waals surface area (Å²) in [6.45, 7) is 0. The minimum atomic E-state index is 0.726. The van der Waals surface area contributed by atoms with E-state index >= 15 is 0 Å². The van der Waals surface area contributed by atoms with E-state index in [9.17, 15) is 0 Å². The van der Waals surface area contributed by atoms with Crippen molar-refractivity contribution in [2.75, 3.05) is 0 Å². The SMILES string of the molecule is c1ccc(-c2cc(-c3cccc4c3sc3ccccc34)nc(-c3cc(-n4c5ccccc5c5ccccc54)cc4c3sc3ccccc34)n2)cc1. The molecule has 0 amide bonds. The highest BCUT2D eigenvalue weighted by Gasteiger charge is 2.21. The highest BCUT2D eigenvalue weighted by Crippen LogP contribution is 2.44. The number of aromatic nitrogens is 3. The molecule has 0 saturated heterocycles. The predicted octanol–water partition coefficient (Wildman–Crippen LogP) is 13.3. The summed E-state index contributed by atoms with van der Waals surface area (Å²) >= 11 is 3.65. The molecule has 11 rings (SSSR count). The van der Waals surface area contributed by atoms with Gasteiger partial charge in [0, 0.05) is 73.5 Å². The zero-order valence-electron chi connectivity index (χ0n) is 27.2. The fraction of sp³-hybridized carbons (Fsp3) is 0. The van der Waals surface area contributed by atoms with Crippen LogP contribution >= 0.6 is 22.7 Å². The summed E-state index contributed by atoms with van der Waals surface area (Å²) < 4.78 is 7.37. The molecule has 4 aromatic heterocycles. The monoisotopic (exact) mass is 685 g/mol. The van der Waals surface area contributed by atoms with E-state index in [2.05, 4.69) is 168 Å². The molecule has 0 radical (unpaired) electrons. The summed E-state index contributed by atoms with van der Waals surface area (Å²) in [4.78, 5) is 10.9. The fourth-order valence-corrected chi connectivity index (χ4v) is 10.1. The van der Waals surface area contributed by atoms with Gasteiger partial charge in [-0.3, -0.25) is 0 Å². The smallest absolute Gasteiger partial charge is 0.161 e. The first-order valence-corrected chi connectivity index (χ1v) is 18.7. The maximum Gasteiger partial charge on any atom is 0.161 e. The maximum absolute atomic E-state index is 5.48. The molecule has 0 N–H and O–H groups in total. The Morgan fingerprint density at radius 3 is 1.65 bits per heavy atom. The predicted molar refractivity (Wildman–Crippen MR) is 218 cm³/mol. The Hall–Kier alpha value is -6.14. The number of benzene rings is 7.